The van der Waals surface area contributed by atoms with Gasteiger partial charge in [0, 0.05) is 195 Å². The molecular weight excluding hydrogens is 1090 g/mol. The van der Waals surface area contributed by atoms with Gasteiger partial charge in [-0.1, -0.05) is 102 Å². The van der Waals surface area contributed by atoms with Gasteiger partial charge in [-0.05, 0) is 80.1 Å². The molecule has 2 unspecified atom stereocenters. The fourth-order valence-electron chi connectivity index (χ4n) is 11.5. The average molecular weight is 1160 g/mol. The third kappa shape index (κ3) is 14.1. The van der Waals surface area contributed by atoms with Crippen LogP contribution in [-0.4, -0.2) is 155 Å². The Morgan fingerprint density at radius 1 is 0.469 bits per heavy atom. The van der Waals surface area contributed by atoms with Crippen LogP contribution in [0.15, 0.2) is 176 Å². The van der Waals surface area contributed by atoms with Gasteiger partial charge in [-0.15, -0.1) is 0 Å². The molecule has 13 rings (SSSR count). The predicted molar refractivity (Wildman–Crippen MR) is 334 cm³/mol. The maximum atomic E-state index is 12.7. The molecule has 4 fully saturated rings. The minimum Gasteiger partial charge on any atom is -0.381 e. The number of pyridine rings is 2. The number of nitrogens with zero attached hydrogens (tertiary/aromatic N) is 5. The Bertz CT molecular complexity index is 3410. The highest BCUT2D eigenvalue weighted by Gasteiger charge is 2.26. The van der Waals surface area contributed by atoms with Crippen LogP contribution in [0.4, 0.5) is 22.7 Å². The van der Waals surface area contributed by atoms with Crippen LogP contribution < -0.4 is 36.9 Å². The maximum absolute atomic E-state index is 12.7. The van der Waals surface area contributed by atoms with E-state index in [9.17, 15) is 9.59 Å². The van der Waals surface area contributed by atoms with E-state index in [1.807, 2.05) is 11.8 Å². The van der Waals surface area contributed by atoms with E-state index in [0.717, 1.165) is 143 Å². The smallest absolute Gasteiger partial charge is 0.250 e. The van der Waals surface area contributed by atoms with E-state index in [-0.39, 0.29) is 11.1 Å². The highest BCUT2D eigenvalue weighted by Crippen LogP contribution is 2.53. The Balaban J connectivity index is 0.000000163. The van der Waals surface area contributed by atoms with Gasteiger partial charge in [0.1, 0.15) is 0 Å². The summed E-state index contributed by atoms with van der Waals surface area (Å²) in [4.78, 5) is 53.5. The van der Waals surface area contributed by atoms with Gasteiger partial charge in [-0.2, -0.15) is 0 Å². The standard InChI is InChI=1S/C35H39N5O2S2.C28H33N5O2S2/c1-25(23-38-12-14-39(15-13-38)24-26-6-3-2-4-7-26)36-27-10-11-31-33(20-27)43-32-9-5-8-29(35(32)44-31)30-21-28(22-34(41)37-30)40-16-18-42-19-17-40;1-19(18-32-9-7-29-8-10-32)30-20-5-6-24-26(15-20)36-25-4-2-3-22(28(25)37-24)23-16-21(17-27(34)31-23)33-11-13-35-14-12-33/h2-11,20-22,25,36H,12-19,23-24H2,1H3,(H,37,41);2-6,15-17,19,29-30H,7-14,18H2,1H3,(H,31,34). The van der Waals surface area contributed by atoms with E-state index in [1.54, 1.807) is 47.4 Å². The van der Waals surface area contributed by atoms with Gasteiger partial charge in [-0.25, -0.2) is 0 Å². The number of piperazine rings is 2. The number of rotatable bonds is 14. The number of fused-ring (bicyclic) bond motifs is 4. The largest absolute Gasteiger partial charge is 0.381 e. The molecule has 2 atom stereocenters. The van der Waals surface area contributed by atoms with Crippen LogP contribution in [0.1, 0.15) is 19.4 Å². The number of anilines is 4. The summed E-state index contributed by atoms with van der Waals surface area (Å²) < 4.78 is 11.0. The van der Waals surface area contributed by atoms with Crippen molar-refractivity contribution >= 4 is 69.8 Å². The molecule has 0 aliphatic carbocycles. The van der Waals surface area contributed by atoms with Crippen molar-refractivity contribution in [1.29, 1.82) is 0 Å². The summed E-state index contributed by atoms with van der Waals surface area (Å²) in [6.45, 7) is 22.4. The lowest BCUT2D eigenvalue weighted by molar-refractivity contribution is 0.122. The second kappa shape index (κ2) is 26.3. The first-order valence-electron chi connectivity index (χ1n) is 28.5. The SMILES string of the molecule is CC(CN1CCN(Cc2ccccc2)CC1)Nc1ccc2c(c1)Sc1cccc(-c3cc(N4CCOCC4)cc(=O)[nH]3)c1S2.CC(CN1CCNCC1)Nc1ccc2c(c1)Sc1cccc(-c3cc(N4CCOCC4)cc(=O)[nH]3)c1S2. The van der Waals surface area contributed by atoms with Gasteiger partial charge >= 0.3 is 0 Å². The summed E-state index contributed by atoms with van der Waals surface area (Å²) in [7, 11) is 0. The third-order valence-electron chi connectivity index (χ3n) is 15.5. The van der Waals surface area contributed by atoms with E-state index in [0.29, 0.717) is 38.5 Å². The van der Waals surface area contributed by atoms with E-state index < -0.39 is 0 Å². The molecule has 0 spiro atoms. The zero-order valence-electron chi connectivity index (χ0n) is 46.2. The van der Waals surface area contributed by atoms with Crippen molar-refractivity contribution in [2.45, 2.75) is 71.6 Å². The van der Waals surface area contributed by atoms with E-state index in [1.165, 1.54) is 44.7 Å². The molecule has 0 saturated carbocycles. The van der Waals surface area contributed by atoms with Crippen molar-refractivity contribution in [3.8, 4) is 22.5 Å². The van der Waals surface area contributed by atoms with Gasteiger partial charge < -0.3 is 45.2 Å². The molecular formula is C63H72N10O4S4. The minimum atomic E-state index is -0.0747. The summed E-state index contributed by atoms with van der Waals surface area (Å²) in [6.07, 6.45) is 0. The minimum absolute atomic E-state index is 0.0730. The molecule has 8 heterocycles. The van der Waals surface area contributed by atoms with Crippen LogP contribution in [0.25, 0.3) is 22.5 Å². The van der Waals surface area contributed by atoms with Gasteiger partial charge in [0.2, 0.25) is 11.1 Å². The fourth-order valence-corrected chi connectivity index (χ4v) is 16.3. The van der Waals surface area contributed by atoms with Crippen molar-refractivity contribution < 1.29 is 9.47 Å². The molecule has 7 aromatic rings. The molecule has 422 valence electrons. The number of H-pyrrole nitrogens is 2. The zero-order valence-corrected chi connectivity index (χ0v) is 49.5. The van der Waals surface area contributed by atoms with Crippen LogP contribution in [0.2, 0.25) is 0 Å². The van der Waals surface area contributed by atoms with Gasteiger partial charge in [0.25, 0.3) is 0 Å². The molecule has 6 aliphatic heterocycles. The topological polar surface area (TPSA) is 136 Å². The molecule has 0 amide bonds. The lowest BCUT2D eigenvalue weighted by Crippen LogP contribution is -2.48. The number of hydrogen-bond acceptors (Lipinski definition) is 16. The highest BCUT2D eigenvalue weighted by atomic mass is 32.2. The van der Waals surface area contributed by atoms with E-state index in [2.05, 4.69) is 180 Å². The molecule has 14 nitrogen and oxygen atoms in total. The number of aromatic nitrogens is 2. The lowest BCUT2D eigenvalue weighted by atomic mass is 10.1. The van der Waals surface area contributed by atoms with E-state index in [4.69, 9.17) is 9.47 Å². The van der Waals surface area contributed by atoms with Crippen molar-refractivity contribution in [3.63, 3.8) is 0 Å². The Hall–Kier alpha value is -5.64. The predicted octanol–water partition coefficient (Wildman–Crippen LogP) is 10.3. The number of morpholine rings is 2. The van der Waals surface area contributed by atoms with E-state index >= 15 is 0 Å². The first-order chi connectivity index (χ1) is 39.7. The molecule has 6 aliphatic rings. The summed E-state index contributed by atoms with van der Waals surface area (Å²) in [5, 5.41) is 10.9. The van der Waals surface area contributed by atoms with Crippen molar-refractivity contribution in [3.05, 3.63) is 154 Å². The van der Waals surface area contributed by atoms with Gasteiger partial charge in [0.15, 0.2) is 0 Å². The van der Waals surface area contributed by atoms with Crippen LogP contribution in [-0.2, 0) is 16.0 Å². The Labute approximate surface area is 492 Å². The molecule has 5 N–H and O–H groups in total. The van der Waals surface area contributed by atoms with Crippen LogP contribution in [0.5, 0.6) is 0 Å². The van der Waals surface area contributed by atoms with Crippen LogP contribution in [0.3, 0.4) is 0 Å². The normalized spacial score (nSPS) is 18.3. The maximum Gasteiger partial charge on any atom is 0.250 e. The Morgan fingerprint density at radius 2 is 0.938 bits per heavy atom. The molecule has 81 heavy (non-hydrogen) atoms. The second-order valence-electron chi connectivity index (χ2n) is 21.6. The number of ether oxygens (including phenoxy) is 2. The first kappa shape index (κ1) is 55.9. The zero-order chi connectivity index (χ0) is 55.1. The van der Waals surface area contributed by atoms with Crippen molar-refractivity contribution in [1.82, 2.24) is 30.0 Å². The van der Waals surface area contributed by atoms with Crippen molar-refractivity contribution in [2.24, 2.45) is 0 Å². The molecule has 0 bridgehead atoms. The fraction of sp³-hybridized carbons (Fsp3) is 0.365. The average Bonchev–Trinajstić information content (AvgIpc) is 3.67. The number of aromatic amines is 2. The van der Waals surface area contributed by atoms with Gasteiger partial charge in [-0.3, -0.25) is 24.3 Å². The van der Waals surface area contributed by atoms with Crippen molar-refractivity contribution in [2.75, 3.05) is 138 Å². The second-order valence-corrected chi connectivity index (χ2v) is 25.9. The Morgan fingerprint density at radius 3 is 1.43 bits per heavy atom. The highest BCUT2D eigenvalue weighted by molar-refractivity contribution is 8.05. The molecule has 2 aromatic heterocycles. The summed E-state index contributed by atoms with van der Waals surface area (Å²) in [6, 6.07) is 45.3. The summed E-state index contributed by atoms with van der Waals surface area (Å²) >= 11 is 7.19. The van der Waals surface area contributed by atoms with Gasteiger partial charge in [0.05, 0.1) is 37.8 Å². The molecule has 5 aromatic carbocycles. The van der Waals surface area contributed by atoms with Crippen LogP contribution in [0, 0.1) is 0 Å². The monoisotopic (exact) mass is 1160 g/mol. The third-order valence-corrected chi connectivity index (χ3v) is 20.7. The quantitative estimate of drug-likeness (QED) is 0.0706. The molecule has 18 heteroatoms. The van der Waals surface area contributed by atoms with Crippen LogP contribution >= 0.6 is 47.0 Å². The summed E-state index contributed by atoms with van der Waals surface area (Å²) in [5.74, 6) is 0. The number of hydrogen-bond donors (Lipinski definition) is 5. The summed E-state index contributed by atoms with van der Waals surface area (Å²) in [5.41, 5.74) is 9.35. The lowest BCUT2D eigenvalue weighted by Gasteiger charge is -2.36. The molecule has 0 radical (unpaired) electrons. The Kier molecular flexibility index (Phi) is 18.1. The number of nitrogens with one attached hydrogen (secondary N) is 5. The first-order valence-corrected chi connectivity index (χ1v) is 31.8. The number of benzene rings is 5. The molecule has 4 saturated heterocycles.